The first-order valence-corrected chi connectivity index (χ1v) is 9.70. The van der Waals surface area contributed by atoms with Crippen molar-refractivity contribution >= 4 is 35.1 Å². The Hall–Kier alpha value is -1.76. The minimum atomic E-state index is -0.0939. The van der Waals surface area contributed by atoms with Crippen molar-refractivity contribution in [1.29, 1.82) is 0 Å². The average molecular weight is 348 g/mol. The van der Waals surface area contributed by atoms with E-state index in [1.165, 1.54) is 11.8 Å². The van der Waals surface area contributed by atoms with Gasteiger partial charge in [0.1, 0.15) is 5.82 Å². The van der Waals surface area contributed by atoms with Gasteiger partial charge in [-0.15, -0.1) is 0 Å². The molecule has 7 heteroatoms. The molecule has 0 spiro atoms. The summed E-state index contributed by atoms with van der Waals surface area (Å²) >= 11 is 1.51. The Kier molecular flexibility index (Phi) is 5.28. The van der Waals surface area contributed by atoms with E-state index >= 15 is 0 Å². The lowest BCUT2D eigenvalue weighted by atomic mass is 10.2. The highest BCUT2D eigenvalue weighted by Crippen LogP contribution is 2.31. The number of piperazine rings is 1. The van der Waals surface area contributed by atoms with Gasteiger partial charge in [-0.1, -0.05) is 0 Å². The molecule has 1 aromatic heterocycles. The zero-order valence-electron chi connectivity index (χ0n) is 14.2. The largest absolute Gasteiger partial charge is 0.367 e. The fourth-order valence-corrected chi connectivity index (χ4v) is 3.03. The highest BCUT2D eigenvalue weighted by Gasteiger charge is 2.34. The van der Waals surface area contributed by atoms with E-state index in [0.29, 0.717) is 17.6 Å². The van der Waals surface area contributed by atoms with Gasteiger partial charge in [-0.3, -0.25) is 9.59 Å². The molecule has 1 N–H and O–H groups in total. The number of nitrogens with zero attached hydrogens (tertiary/aromatic N) is 3. The summed E-state index contributed by atoms with van der Waals surface area (Å²) in [6.07, 6.45) is 5.82. The van der Waals surface area contributed by atoms with E-state index in [1.54, 1.807) is 6.20 Å². The highest BCUT2D eigenvalue weighted by atomic mass is 32.2. The van der Waals surface area contributed by atoms with E-state index in [0.717, 1.165) is 44.7 Å². The van der Waals surface area contributed by atoms with Gasteiger partial charge in [0.05, 0.1) is 17.1 Å². The first kappa shape index (κ1) is 17.1. The summed E-state index contributed by atoms with van der Waals surface area (Å²) in [5.74, 6) is 1.17. The van der Waals surface area contributed by atoms with Crippen LogP contribution in [0.15, 0.2) is 18.3 Å². The van der Waals surface area contributed by atoms with Crippen molar-refractivity contribution in [2.75, 3.05) is 42.7 Å². The Morgan fingerprint density at radius 2 is 1.96 bits per heavy atom. The second-order valence-corrected chi connectivity index (χ2v) is 7.53. The van der Waals surface area contributed by atoms with Crippen LogP contribution in [0, 0.1) is 5.92 Å². The van der Waals surface area contributed by atoms with E-state index in [9.17, 15) is 9.59 Å². The molecule has 1 aliphatic carbocycles. The number of thioether (sulfide) groups is 1. The maximum Gasteiger partial charge on any atom is 0.238 e. The zero-order chi connectivity index (χ0) is 17.1. The molecule has 2 fully saturated rings. The van der Waals surface area contributed by atoms with E-state index in [-0.39, 0.29) is 11.2 Å². The minimum Gasteiger partial charge on any atom is -0.367 e. The molecular weight excluding hydrogens is 324 g/mol. The summed E-state index contributed by atoms with van der Waals surface area (Å²) in [5, 5.41) is 2.73. The van der Waals surface area contributed by atoms with Crippen LogP contribution in [0.25, 0.3) is 0 Å². The van der Waals surface area contributed by atoms with Gasteiger partial charge in [0.2, 0.25) is 11.8 Å². The van der Waals surface area contributed by atoms with Crippen molar-refractivity contribution < 1.29 is 9.59 Å². The predicted molar refractivity (Wildman–Crippen MR) is 97.4 cm³/mol. The number of hydrogen-bond acceptors (Lipinski definition) is 5. The third-order valence-electron chi connectivity index (χ3n) is 4.61. The molecule has 1 aliphatic heterocycles. The van der Waals surface area contributed by atoms with E-state index in [1.807, 2.05) is 30.2 Å². The van der Waals surface area contributed by atoms with Crippen LogP contribution in [-0.2, 0) is 9.59 Å². The number of carbonyl (C=O) groups excluding carboxylic acids is 2. The summed E-state index contributed by atoms with van der Waals surface area (Å²) in [6.45, 7) is 5.08. The van der Waals surface area contributed by atoms with Gasteiger partial charge in [-0.05, 0) is 38.2 Å². The number of carbonyl (C=O) groups is 2. The predicted octanol–water partition coefficient (Wildman–Crippen LogP) is 1.83. The molecule has 1 aromatic rings. The molecule has 2 aliphatic rings. The fraction of sp³-hybridized carbons (Fsp3) is 0.588. The van der Waals surface area contributed by atoms with E-state index < -0.39 is 0 Å². The average Bonchev–Trinajstić information content (AvgIpc) is 3.46. The molecule has 1 saturated heterocycles. The standard InChI is InChI=1S/C17H24N4O2S/c1-12(24-2)16(22)19-15-6-5-14(11-18-15)20-7-9-21(10-8-20)17(23)13-3-4-13/h5-6,11-13H,3-4,7-10H2,1-2H3,(H,18,19,22). The second kappa shape index (κ2) is 7.42. The maximum atomic E-state index is 12.1. The van der Waals surface area contributed by atoms with E-state index in [4.69, 9.17) is 0 Å². The van der Waals surface area contributed by atoms with Gasteiger partial charge >= 0.3 is 0 Å². The monoisotopic (exact) mass is 348 g/mol. The number of hydrogen-bond donors (Lipinski definition) is 1. The molecule has 3 rings (SSSR count). The molecule has 24 heavy (non-hydrogen) atoms. The van der Waals surface area contributed by atoms with Crippen LogP contribution in [0.4, 0.5) is 11.5 Å². The fourth-order valence-electron chi connectivity index (χ4n) is 2.76. The Morgan fingerprint density at radius 1 is 1.25 bits per heavy atom. The van der Waals surface area contributed by atoms with Crippen molar-refractivity contribution in [3.05, 3.63) is 18.3 Å². The third-order valence-corrected chi connectivity index (χ3v) is 5.53. The number of nitrogens with one attached hydrogen (secondary N) is 1. The molecule has 130 valence electrons. The maximum absolute atomic E-state index is 12.1. The van der Waals surface area contributed by atoms with Gasteiger partial charge in [-0.2, -0.15) is 11.8 Å². The Labute approximate surface area is 147 Å². The summed E-state index contributed by atoms with van der Waals surface area (Å²) in [5.41, 5.74) is 1.03. The van der Waals surface area contributed by atoms with Gasteiger partial charge in [0, 0.05) is 32.1 Å². The van der Waals surface area contributed by atoms with Crippen molar-refractivity contribution in [3.63, 3.8) is 0 Å². The number of amides is 2. The summed E-state index contributed by atoms with van der Waals surface area (Å²) in [7, 11) is 0. The molecule has 1 saturated carbocycles. The molecule has 6 nitrogen and oxygen atoms in total. The van der Waals surface area contributed by atoms with Crippen molar-refractivity contribution in [1.82, 2.24) is 9.88 Å². The van der Waals surface area contributed by atoms with Crippen molar-refractivity contribution in [2.24, 2.45) is 5.92 Å². The summed E-state index contributed by atoms with van der Waals surface area (Å²) in [6, 6.07) is 3.81. The number of anilines is 2. The molecule has 0 bridgehead atoms. The second-order valence-electron chi connectivity index (χ2n) is 6.36. The van der Waals surface area contributed by atoms with Crippen LogP contribution in [0.1, 0.15) is 19.8 Å². The molecule has 1 atom stereocenters. The van der Waals surface area contributed by atoms with Gasteiger partial charge in [0.25, 0.3) is 0 Å². The number of aromatic nitrogens is 1. The van der Waals surface area contributed by atoms with Gasteiger partial charge in [-0.25, -0.2) is 4.98 Å². The lowest BCUT2D eigenvalue weighted by Gasteiger charge is -2.36. The lowest BCUT2D eigenvalue weighted by Crippen LogP contribution is -2.49. The first-order chi connectivity index (χ1) is 11.6. The molecular formula is C17H24N4O2S. The summed E-state index contributed by atoms with van der Waals surface area (Å²) in [4.78, 5) is 32.5. The topological polar surface area (TPSA) is 65.5 Å². The van der Waals surface area contributed by atoms with Crippen LogP contribution in [0.3, 0.4) is 0 Å². The molecule has 0 aromatic carbocycles. The lowest BCUT2D eigenvalue weighted by molar-refractivity contribution is -0.132. The Bertz CT molecular complexity index is 595. The molecule has 1 unspecified atom stereocenters. The van der Waals surface area contributed by atoms with Crippen molar-refractivity contribution in [3.8, 4) is 0 Å². The van der Waals surface area contributed by atoms with Gasteiger partial charge < -0.3 is 15.1 Å². The molecule has 0 radical (unpaired) electrons. The normalized spacial score (nSPS) is 19.1. The number of pyridine rings is 1. The van der Waals surface area contributed by atoms with Crippen LogP contribution < -0.4 is 10.2 Å². The Balaban J connectivity index is 1.52. The first-order valence-electron chi connectivity index (χ1n) is 8.42. The van der Waals surface area contributed by atoms with Crippen LogP contribution in [0.5, 0.6) is 0 Å². The smallest absolute Gasteiger partial charge is 0.238 e. The quantitative estimate of drug-likeness (QED) is 0.879. The van der Waals surface area contributed by atoms with Crippen molar-refractivity contribution in [2.45, 2.75) is 25.0 Å². The number of rotatable bonds is 5. The van der Waals surface area contributed by atoms with E-state index in [2.05, 4.69) is 15.2 Å². The zero-order valence-corrected chi connectivity index (χ0v) is 15.0. The Morgan fingerprint density at radius 3 is 2.50 bits per heavy atom. The van der Waals surface area contributed by atoms with Crippen LogP contribution in [0.2, 0.25) is 0 Å². The SMILES string of the molecule is CSC(C)C(=O)Nc1ccc(N2CCN(C(=O)C3CC3)CC2)cn1. The highest BCUT2D eigenvalue weighted by molar-refractivity contribution is 7.99. The van der Waals surface area contributed by atoms with Gasteiger partial charge in [0.15, 0.2) is 0 Å². The van der Waals surface area contributed by atoms with Crippen LogP contribution >= 0.6 is 11.8 Å². The minimum absolute atomic E-state index is 0.0325. The van der Waals surface area contributed by atoms with Crippen LogP contribution in [-0.4, -0.2) is 59.4 Å². The molecule has 2 amide bonds. The summed E-state index contributed by atoms with van der Waals surface area (Å²) < 4.78 is 0. The third kappa shape index (κ3) is 4.01. The molecule has 2 heterocycles.